The summed E-state index contributed by atoms with van der Waals surface area (Å²) < 4.78 is 11.7. The number of pyridine rings is 1. The van der Waals surface area contributed by atoms with Crippen molar-refractivity contribution >= 4 is 11.0 Å². The van der Waals surface area contributed by atoms with Gasteiger partial charge in [-0.3, -0.25) is 0 Å². The molecule has 108 valence electrons. The van der Waals surface area contributed by atoms with Crippen molar-refractivity contribution in [1.82, 2.24) is 4.98 Å². The quantitative estimate of drug-likeness (QED) is 0.648. The first-order valence-corrected chi connectivity index (χ1v) is 7.17. The summed E-state index contributed by atoms with van der Waals surface area (Å²) in [6, 6.07) is 10.00. The van der Waals surface area contributed by atoms with Crippen LogP contribution in [0.25, 0.3) is 11.0 Å². The Kier molecular flexibility index (Phi) is 3.42. The molecule has 21 heavy (non-hydrogen) atoms. The third-order valence-electron chi connectivity index (χ3n) is 3.38. The smallest absolute Gasteiger partial charge is 0.222 e. The molecule has 3 nitrogen and oxygen atoms in total. The maximum atomic E-state index is 5.85. The molecule has 2 aromatic heterocycles. The number of aryl methyl sites for hydroxylation is 2. The van der Waals surface area contributed by atoms with E-state index in [4.69, 9.17) is 9.15 Å². The Morgan fingerprint density at radius 2 is 1.71 bits per heavy atom. The first-order chi connectivity index (χ1) is 10.0. The standard InChI is InChI=1S/C18H19NO2/c1-11(2)16-8-14-10-19-18(9-17(14)21-16)20-15-6-12(3)5-13(4)7-15/h5-11H,1-4H3. The van der Waals surface area contributed by atoms with Gasteiger partial charge in [0.15, 0.2) is 0 Å². The van der Waals surface area contributed by atoms with Gasteiger partial charge < -0.3 is 9.15 Å². The Hall–Kier alpha value is -2.29. The zero-order chi connectivity index (χ0) is 15.0. The molecule has 3 rings (SSSR count). The highest BCUT2D eigenvalue weighted by Gasteiger charge is 2.09. The zero-order valence-corrected chi connectivity index (χ0v) is 12.8. The average molecular weight is 281 g/mol. The number of benzene rings is 1. The molecule has 3 heteroatoms. The molecule has 0 N–H and O–H groups in total. The summed E-state index contributed by atoms with van der Waals surface area (Å²) in [6.45, 7) is 8.33. The lowest BCUT2D eigenvalue weighted by Crippen LogP contribution is -1.89. The highest BCUT2D eigenvalue weighted by molar-refractivity contribution is 5.78. The molecule has 0 amide bonds. The summed E-state index contributed by atoms with van der Waals surface area (Å²) in [5.41, 5.74) is 3.16. The molecular formula is C18H19NO2. The Morgan fingerprint density at radius 3 is 2.38 bits per heavy atom. The van der Waals surface area contributed by atoms with Crippen molar-refractivity contribution in [3.8, 4) is 11.6 Å². The fourth-order valence-corrected chi connectivity index (χ4v) is 2.39. The maximum absolute atomic E-state index is 5.85. The van der Waals surface area contributed by atoms with Crippen LogP contribution in [0.1, 0.15) is 36.7 Å². The molecule has 0 aliphatic heterocycles. The summed E-state index contributed by atoms with van der Waals surface area (Å²) >= 11 is 0. The van der Waals surface area contributed by atoms with Crippen LogP contribution in [-0.4, -0.2) is 4.98 Å². The molecule has 0 saturated carbocycles. The summed E-state index contributed by atoms with van der Waals surface area (Å²) in [6.07, 6.45) is 1.79. The van der Waals surface area contributed by atoms with E-state index in [0.29, 0.717) is 11.8 Å². The number of nitrogens with zero attached hydrogens (tertiary/aromatic N) is 1. The van der Waals surface area contributed by atoms with E-state index >= 15 is 0 Å². The lowest BCUT2D eigenvalue weighted by molar-refractivity contribution is 0.460. The van der Waals surface area contributed by atoms with Crippen LogP contribution >= 0.6 is 0 Å². The highest BCUT2D eigenvalue weighted by atomic mass is 16.5. The molecule has 0 aliphatic carbocycles. The summed E-state index contributed by atoms with van der Waals surface area (Å²) in [4.78, 5) is 4.35. The van der Waals surface area contributed by atoms with E-state index in [0.717, 1.165) is 22.5 Å². The minimum atomic E-state index is 0.362. The van der Waals surface area contributed by atoms with Crippen LogP contribution in [0.4, 0.5) is 0 Å². The molecule has 0 unspecified atom stereocenters. The molecule has 1 aromatic carbocycles. The predicted molar refractivity (Wildman–Crippen MR) is 84.1 cm³/mol. The van der Waals surface area contributed by atoms with Gasteiger partial charge >= 0.3 is 0 Å². The van der Waals surface area contributed by atoms with Crippen LogP contribution in [0, 0.1) is 13.8 Å². The Balaban J connectivity index is 1.93. The third-order valence-corrected chi connectivity index (χ3v) is 3.38. The van der Waals surface area contributed by atoms with Crippen molar-refractivity contribution in [2.24, 2.45) is 0 Å². The first-order valence-electron chi connectivity index (χ1n) is 7.17. The molecule has 3 aromatic rings. The van der Waals surface area contributed by atoms with Crippen LogP contribution in [0.5, 0.6) is 11.6 Å². The lowest BCUT2D eigenvalue weighted by Gasteiger charge is -2.06. The number of rotatable bonds is 3. The molecule has 0 atom stereocenters. The van der Waals surface area contributed by atoms with Gasteiger partial charge in [0, 0.05) is 23.6 Å². The van der Waals surface area contributed by atoms with Crippen molar-refractivity contribution in [2.75, 3.05) is 0 Å². The van der Waals surface area contributed by atoms with Gasteiger partial charge in [0.1, 0.15) is 17.1 Å². The minimum absolute atomic E-state index is 0.362. The Bertz CT molecular complexity index is 767. The van der Waals surface area contributed by atoms with Gasteiger partial charge in [-0.1, -0.05) is 19.9 Å². The van der Waals surface area contributed by atoms with Crippen LogP contribution in [0.3, 0.4) is 0 Å². The third kappa shape index (κ3) is 2.92. The van der Waals surface area contributed by atoms with Gasteiger partial charge in [-0.2, -0.15) is 0 Å². The van der Waals surface area contributed by atoms with Crippen molar-refractivity contribution < 1.29 is 9.15 Å². The van der Waals surface area contributed by atoms with Crippen molar-refractivity contribution in [3.05, 3.63) is 53.4 Å². The summed E-state index contributed by atoms with van der Waals surface area (Å²) in [5, 5.41) is 1.01. The normalized spacial score (nSPS) is 11.3. The molecular weight excluding hydrogens is 262 g/mol. The van der Waals surface area contributed by atoms with Gasteiger partial charge in [-0.05, 0) is 43.2 Å². The number of fused-ring (bicyclic) bond motifs is 1. The van der Waals surface area contributed by atoms with Gasteiger partial charge in [-0.25, -0.2) is 4.98 Å². The second kappa shape index (κ2) is 5.24. The fraction of sp³-hybridized carbons (Fsp3) is 0.278. The molecule has 0 radical (unpaired) electrons. The van der Waals surface area contributed by atoms with E-state index < -0.39 is 0 Å². The van der Waals surface area contributed by atoms with Crippen molar-refractivity contribution in [3.63, 3.8) is 0 Å². The first kappa shape index (κ1) is 13.7. The van der Waals surface area contributed by atoms with Crippen LogP contribution in [-0.2, 0) is 0 Å². The SMILES string of the molecule is Cc1cc(C)cc(Oc2cc3oc(C(C)C)cc3cn2)c1. The number of furan rings is 1. The van der Waals surface area contributed by atoms with Gasteiger partial charge in [0.2, 0.25) is 5.88 Å². The molecule has 0 saturated heterocycles. The van der Waals surface area contributed by atoms with Crippen LogP contribution in [0.15, 0.2) is 40.9 Å². The second-order valence-electron chi connectivity index (χ2n) is 5.79. The van der Waals surface area contributed by atoms with E-state index in [2.05, 4.69) is 38.7 Å². The number of aromatic nitrogens is 1. The van der Waals surface area contributed by atoms with E-state index in [9.17, 15) is 0 Å². The molecule has 0 fully saturated rings. The van der Waals surface area contributed by atoms with Crippen molar-refractivity contribution in [2.45, 2.75) is 33.6 Å². The van der Waals surface area contributed by atoms with Crippen molar-refractivity contribution in [1.29, 1.82) is 0 Å². The molecule has 0 aliphatic rings. The van der Waals surface area contributed by atoms with Crippen LogP contribution in [0.2, 0.25) is 0 Å². The second-order valence-corrected chi connectivity index (χ2v) is 5.79. The van der Waals surface area contributed by atoms with E-state index in [1.54, 1.807) is 6.20 Å². The molecule has 0 bridgehead atoms. The topological polar surface area (TPSA) is 35.3 Å². The number of hydrogen-bond acceptors (Lipinski definition) is 3. The number of hydrogen-bond donors (Lipinski definition) is 0. The average Bonchev–Trinajstić information content (AvgIpc) is 2.80. The zero-order valence-electron chi connectivity index (χ0n) is 12.8. The molecule has 0 spiro atoms. The van der Waals surface area contributed by atoms with Crippen LogP contribution < -0.4 is 4.74 Å². The minimum Gasteiger partial charge on any atom is -0.461 e. The summed E-state index contributed by atoms with van der Waals surface area (Å²) in [5.74, 6) is 2.68. The lowest BCUT2D eigenvalue weighted by atomic mass is 10.1. The van der Waals surface area contributed by atoms with E-state index in [-0.39, 0.29) is 0 Å². The van der Waals surface area contributed by atoms with Gasteiger partial charge in [0.25, 0.3) is 0 Å². The largest absolute Gasteiger partial charge is 0.461 e. The predicted octanol–water partition coefficient (Wildman–Crippen LogP) is 5.36. The maximum Gasteiger partial charge on any atom is 0.222 e. The Morgan fingerprint density at radius 1 is 1.00 bits per heavy atom. The Labute approximate surface area is 124 Å². The van der Waals surface area contributed by atoms with E-state index in [1.807, 2.05) is 24.3 Å². The monoisotopic (exact) mass is 281 g/mol. The van der Waals surface area contributed by atoms with E-state index in [1.165, 1.54) is 11.1 Å². The van der Waals surface area contributed by atoms with Gasteiger partial charge in [-0.15, -0.1) is 0 Å². The summed E-state index contributed by atoms with van der Waals surface area (Å²) in [7, 11) is 0. The molecule has 2 heterocycles. The highest BCUT2D eigenvalue weighted by Crippen LogP contribution is 2.28. The number of ether oxygens (including phenoxy) is 1. The van der Waals surface area contributed by atoms with Gasteiger partial charge in [0.05, 0.1) is 0 Å². The fourth-order valence-electron chi connectivity index (χ4n) is 2.39.